The van der Waals surface area contributed by atoms with Crippen molar-refractivity contribution in [2.75, 3.05) is 12.0 Å². The topological polar surface area (TPSA) is 29.5 Å². The third-order valence-corrected chi connectivity index (χ3v) is 5.26. The van der Waals surface area contributed by atoms with E-state index in [0.29, 0.717) is 0 Å². The number of carbonyl (C=O) groups excluding carboxylic acids is 1. The molecule has 4 heteroatoms. The van der Waals surface area contributed by atoms with Gasteiger partial charge in [-0.15, -0.1) is 11.8 Å². The number of fused-ring (bicyclic) bond motifs is 1. The summed E-state index contributed by atoms with van der Waals surface area (Å²) in [5, 5.41) is -0.128. The first-order chi connectivity index (χ1) is 11.1. The van der Waals surface area contributed by atoms with Crippen molar-refractivity contribution in [2.45, 2.75) is 36.5 Å². The molecule has 2 atom stereocenters. The molecule has 1 heterocycles. The zero-order chi connectivity index (χ0) is 16.4. The zero-order valence-corrected chi connectivity index (χ0v) is 14.5. The van der Waals surface area contributed by atoms with Crippen molar-refractivity contribution in [3.63, 3.8) is 0 Å². The van der Waals surface area contributed by atoms with E-state index in [4.69, 9.17) is 4.74 Å². The van der Waals surface area contributed by atoms with Gasteiger partial charge in [0.25, 0.3) is 0 Å². The van der Waals surface area contributed by atoms with Gasteiger partial charge in [-0.2, -0.15) is 0 Å². The number of amides is 1. The summed E-state index contributed by atoms with van der Waals surface area (Å²) in [7, 11) is 1.65. The van der Waals surface area contributed by atoms with Crippen molar-refractivity contribution in [1.29, 1.82) is 0 Å². The van der Waals surface area contributed by atoms with Crippen LogP contribution in [0.5, 0.6) is 5.75 Å². The maximum Gasteiger partial charge on any atom is 0.240 e. The van der Waals surface area contributed by atoms with Crippen LogP contribution in [0.1, 0.15) is 19.4 Å². The van der Waals surface area contributed by atoms with Gasteiger partial charge in [0.15, 0.2) is 0 Å². The first-order valence-electron chi connectivity index (χ1n) is 7.82. The molecule has 2 aromatic carbocycles. The standard InChI is InChI=1S/C19H21NO2S/c1-13-12-15-6-4-5-7-18(15)20(13)19(21)14(2)23-17-10-8-16(22-3)9-11-17/h4-11,13-14H,12H2,1-3H3/t13-,14-/m0/s1. The van der Waals surface area contributed by atoms with Crippen molar-refractivity contribution < 1.29 is 9.53 Å². The molecule has 0 aliphatic carbocycles. The fraction of sp³-hybridized carbons (Fsp3) is 0.316. The van der Waals surface area contributed by atoms with E-state index in [1.807, 2.05) is 54.3 Å². The Balaban J connectivity index is 1.74. The molecule has 0 N–H and O–H groups in total. The van der Waals surface area contributed by atoms with Crippen molar-refractivity contribution in [1.82, 2.24) is 0 Å². The molecule has 0 radical (unpaired) electrons. The Kier molecular flexibility index (Phi) is 4.62. The molecule has 0 saturated carbocycles. The summed E-state index contributed by atoms with van der Waals surface area (Å²) in [4.78, 5) is 16.0. The second-order valence-corrected chi connectivity index (χ2v) is 7.24. The molecule has 23 heavy (non-hydrogen) atoms. The first kappa shape index (κ1) is 15.9. The summed E-state index contributed by atoms with van der Waals surface area (Å²) in [6.07, 6.45) is 0.932. The molecular formula is C19H21NO2S. The van der Waals surface area contributed by atoms with Crippen LogP contribution in [-0.2, 0) is 11.2 Å². The SMILES string of the molecule is COc1ccc(S[C@@H](C)C(=O)N2c3ccccc3C[C@@H]2C)cc1. The number of nitrogens with zero attached hydrogens (tertiary/aromatic N) is 1. The Morgan fingerprint density at radius 1 is 1.22 bits per heavy atom. The smallest absolute Gasteiger partial charge is 0.240 e. The fourth-order valence-electron chi connectivity index (χ4n) is 3.01. The highest BCUT2D eigenvalue weighted by atomic mass is 32.2. The maximum atomic E-state index is 12.9. The molecule has 3 nitrogen and oxygen atoms in total. The molecule has 0 unspecified atom stereocenters. The van der Waals surface area contributed by atoms with Gasteiger partial charge in [-0.25, -0.2) is 0 Å². The predicted molar refractivity (Wildman–Crippen MR) is 95.4 cm³/mol. The largest absolute Gasteiger partial charge is 0.497 e. The Morgan fingerprint density at radius 3 is 2.61 bits per heavy atom. The molecular weight excluding hydrogens is 306 g/mol. The van der Waals surface area contributed by atoms with Gasteiger partial charge in [0.2, 0.25) is 5.91 Å². The Morgan fingerprint density at radius 2 is 1.91 bits per heavy atom. The average molecular weight is 327 g/mol. The minimum Gasteiger partial charge on any atom is -0.497 e. The highest BCUT2D eigenvalue weighted by Gasteiger charge is 2.33. The first-order valence-corrected chi connectivity index (χ1v) is 8.70. The summed E-state index contributed by atoms with van der Waals surface area (Å²) in [6, 6.07) is 16.2. The van der Waals surface area contributed by atoms with Crippen molar-refractivity contribution in [3.05, 3.63) is 54.1 Å². The molecule has 0 aromatic heterocycles. The minimum atomic E-state index is -0.128. The van der Waals surface area contributed by atoms with Gasteiger partial charge in [-0.1, -0.05) is 18.2 Å². The Hall–Kier alpha value is -1.94. The van der Waals surface area contributed by atoms with Gasteiger partial charge in [0, 0.05) is 16.6 Å². The molecule has 3 rings (SSSR count). The summed E-state index contributed by atoms with van der Waals surface area (Å²) < 4.78 is 5.17. The van der Waals surface area contributed by atoms with Gasteiger partial charge in [0.05, 0.1) is 12.4 Å². The van der Waals surface area contributed by atoms with E-state index in [2.05, 4.69) is 13.0 Å². The molecule has 0 bridgehead atoms. The van der Waals surface area contributed by atoms with Crippen LogP contribution >= 0.6 is 11.8 Å². The molecule has 0 saturated heterocycles. The van der Waals surface area contributed by atoms with Crippen LogP contribution in [0, 0.1) is 0 Å². The van der Waals surface area contributed by atoms with Crippen molar-refractivity contribution >= 4 is 23.4 Å². The highest BCUT2D eigenvalue weighted by Crippen LogP contribution is 2.35. The fourth-order valence-corrected chi connectivity index (χ4v) is 3.92. The second-order valence-electron chi connectivity index (χ2n) is 5.83. The highest BCUT2D eigenvalue weighted by molar-refractivity contribution is 8.00. The van der Waals surface area contributed by atoms with Gasteiger partial charge < -0.3 is 9.64 Å². The zero-order valence-electron chi connectivity index (χ0n) is 13.7. The number of rotatable bonds is 4. The van der Waals surface area contributed by atoms with Crippen LogP contribution < -0.4 is 9.64 Å². The maximum absolute atomic E-state index is 12.9. The van der Waals surface area contributed by atoms with Gasteiger partial charge in [-0.3, -0.25) is 4.79 Å². The molecule has 1 amide bonds. The number of hydrogen-bond acceptors (Lipinski definition) is 3. The van der Waals surface area contributed by atoms with E-state index in [-0.39, 0.29) is 17.2 Å². The number of methoxy groups -OCH3 is 1. The molecule has 0 spiro atoms. The number of anilines is 1. The predicted octanol–water partition coefficient (Wildman–Crippen LogP) is 4.15. The summed E-state index contributed by atoms with van der Waals surface area (Å²) >= 11 is 1.59. The second kappa shape index (κ2) is 6.67. The quantitative estimate of drug-likeness (QED) is 0.790. The van der Waals surface area contributed by atoms with E-state index in [0.717, 1.165) is 22.8 Å². The normalized spacial score (nSPS) is 17.7. The lowest BCUT2D eigenvalue weighted by atomic mass is 10.1. The van der Waals surface area contributed by atoms with Gasteiger partial charge in [0.1, 0.15) is 5.75 Å². The monoisotopic (exact) mass is 327 g/mol. The lowest BCUT2D eigenvalue weighted by Crippen LogP contribution is -2.40. The van der Waals surface area contributed by atoms with Crippen molar-refractivity contribution in [3.8, 4) is 5.75 Å². The van der Waals surface area contributed by atoms with Crippen LogP contribution in [0.15, 0.2) is 53.4 Å². The molecule has 0 fully saturated rings. The van der Waals surface area contributed by atoms with E-state index in [1.54, 1.807) is 18.9 Å². The lowest BCUT2D eigenvalue weighted by Gasteiger charge is -2.26. The van der Waals surface area contributed by atoms with Crippen molar-refractivity contribution in [2.24, 2.45) is 0 Å². The number of carbonyl (C=O) groups is 1. The molecule has 1 aliphatic rings. The van der Waals surface area contributed by atoms with E-state index < -0.39 is 0 Å². The van der Waals surface area contributed by atoms with Crippen LogP contribution in [0.4, 0.5) is 5.69 Å². The Labute approximate surface area is 141 Å². The number of para-hydroxylation sites is 1. The summed E-state index contributed by atoms with van der Waals surface area (Å²) in [5.41, 5.74) is 2.32. The van der Waals surface area contributed by atoms with Gasteiger partial charge in [-0.05, 0) is 56.2 Å². The molecule has 1 aliphatic heterocycles. The van der Waals surface area contributed by atoms with E-state index in [9.17, 15) is 4.79 Å². The van der Waals surface area contributed by atoms with E-state index >= 15 is 0 Å². The van der Waals surface area contributed by atoms with Crippen LogP contribution in [0.3, 0.4) is 0 Å². The summed E-state index contributed by atoms with van der Waals surface area (Å²) in [6.45, 7) is 4.09. The minimum absolute atomic E-state index is 0.128. The van der Waals surface area contributed by atoms with E-state index in [1.165, 1.54) is 5.56 Å². The van der Waals surface area contributed by atoms with Crippen LogP contribution in [-0.4, -0.2) is 24.3 Å². The molecule has 120 valence electrons. The van der Waals surface area contributed by atoms with Crippen LogP contribution in [0.25, 0.3) is 0 Å². The Bertz CT molecular complexity index is 699. The summed E-state index contributed by atoms with van der Waals surface area (Å²) in [5.74, 6) is 0.999. The van der Waals surface area contributed by atoms with Crippen LogP contribution in [0.2, 0.25) is 0 Å². The third kappa shape index (κ3) is 3.22. The average Bonchev–Trinajstić information content (AvgIpc) is 2.90. The number of benzene rings is 2. The molecule has 2 aromatic rings. The lowest BCUT2D eigenvalue weighted by molar-refractivity contribution is -0.118. The number of ether oxygens (including phenoxy) is 1. The third-order valence-electron chi connectivity index (χ3n) is 4.16. The van der Waals surface area contributed by atoms with Gasteiger partial charge >= 0.3 is 0 Å². The number of hydrogen-bond donors (Lipinski definition) is 0. The number of thioether (sulfide) groups is 1.